The van der Waals surface area contributed by atoms with Crippen molar-refractivity contribution in [2.75, 3.05) is 11.1 Å². The average Bonchev–Trinajstić information content (AvgIpc) is 2.88. The van der Waals surface area contributed by atoms with Crippen molar-refractivity contribution >= 4 is 17.4 Å². The quantitative estimate of drug-likeness (QED) is 0.859. The summed E-state index contributed by atoms with van der Waals surface area (Å²) in [4.78, 5) is 16.1. The molecule has 0 aliphatic carbocycles. The fourth-order valence-corrected chi connectivity index (χ4v) is 1.98. The highest BCUT2D eigenvalue weighted by molar-refractivity contribution is 6.03. The van der Waals surface area contributed by atoms with E-state index < -0.39 is 0 Å². The molecule has 5 heteroatoms. The number of hydrogen-bond acceptors (Lipinski definition) is 4. The van der Waals surface area contributed by atoms with E-state index in [9.17, 15) is 4.79 Å². The van der Waals surface area contributed by atoms with Crippen LogP contribution in [0.15, 0.2) is 36.5 Å². The van der Waals surface area contributed by atoms with Crippen LogP contribution in [-0.2, 0) is 18.0 Å². The Morgan fingerprint density at radius 2 is 2.05 bits per heavy atom. The zero-order valence-corrected chi connectivity index (χ0v) is 10.2. The fraction of sp³-hybridized carbons (Fsp3) is 0.143. The van der Waals surface area contributed by atoms with Crippen molar-refractivity contribution in [3.63, 3.8) is 0 Å². The molecule has 0 radical (unpaired) electrons. The van der Waals surface area contributed by atoms with Crippen LogP contribution in [0.2, 0.25) is 0 Å². The van der Waals surface area contributed by atoms with Crippen LogP contribution >= 0.6 is 0 Å². The van der Waals surface area contributed by atoms with Gasteiger partial charge >= 0.3 is 0 Å². The maximum atomic E-state index is 12.1. The SMILES string of the molecule is Nc1ccc(NC(=O)c2ccc3c(c2)COC3)nc1. The lowest BCUT2D eigenvalue weighted by Gasteiger charge is -2.06. The van der Waals surface area contributed by atoms with Gasteiger partial charge in [-0.15, -0.1) is 0 Å². The third-order valence-electron chi connectivity index (χ3n) is 3.01. The molecule has 5 nitrogen and oxygen atoms in total. The topological polar surface area (TPSA) is 77.2 Å². The van der Waals surface area contributed by atoms with Crippen LogP contribution < -0.4 is 11.1 Å². The number of nitrogens with zero attached hydrogens (tertiary/aromatic N) is 1. The van der Waals surface area contributed by atoms with Crippen molar-refractivity contribution in [2.24, 2.45) is 0 Å². The molecule has 2 aromatic rings. The number of carbonyl (C=O) groups excluding carboxylic acids is 1. The minimum atomic E-state index is -0.188. The molecule has 0 unspecified atom stereocenters. The molecule has 1 aromatic carbocycles. The van der Waals surface area contributed by atoms with E-state index in [0.717, 1.165) is 11.1 Å². The predicted octanol–water partition coefficient (Wildman–Crippen LogP) is 1.95. The molecule has 1 aliphatic heterocycles. The number of fused-ring (bicyclic) bond motifs is 1. The molecule has 0 atom stereocenters. The van der Waals surface area contributed by atoms with E-state index in [1.54, 1.807) is 18.2 Å². The second-order valence-corrected chi connectivity index (χ2v) is 4.41. The molecule has 1 aromatic heterocycles. The van der Waals surface area contributed by atoms with Crippen LogP contribution in [0.1, 0.15) is 21.5 Å². The van der Waals surface area contributed by atoms with Crippen molar-refractivity contribution in [3.8, 4) is 0 Å². The molecule has 19 heavy (non-hydrogen) atoms. The molecule has 0 saturated carbocycles. The van der Waals surface area contributed by atoms with Crippen LogP contribution in [0.25, 0.3) is 0 Å². The summed E-state index contributed by atoms with van der Waals surface area (Å²) in [5.41, 5.74) is 8.91. The van der Waals surface area contributed by atoms with Gasteiger partial charge in [-0.3, -0.25) is 4.79 Å². The first kappa shape index (κ1) is 11.7. The highest BCUT2D eigenvalue weighted by Crippen LogP contribution is 2.21. The molecule has 3 N–H and O–H groups in total. The van der Waals surface area contributed by atoms with Crippen LogP contribution in [0, 0.1) is 0 Å². The van der Waals surface area contributed by atoms with E-state index in [0.29, 0.717) is 30.3 Å². The smallest absolute Gasteiger partial charge is 0.256 e. The summed E-state index contributed by atoms with van der Waals surface area (Å²) in [6, 6.07) is 8.94. The maximum Gasteiger partial charge on any atom is 0.256 e. The minimum Gasteiger partial charge on any atom is -0.397 e. The summed E-state index contributed by atoms with van der Waals surface area (Å²) >= 11 is 0. The molecule has 0 saturated heterocycles. The van der Waals surface area contributed by atoms with Gasteiger partial charge in [0.05, 0.1) is 25.1 Å². The van der Waals surface area contributed by atoms with Gasteiger partial charge in [-0.2, -0.15) is 0 Å². The highest BCUT2D eigenvalue weighted by atomic mass is 16.5. The number of carbonyl (C=O) groups is 1. The van der Waals surface area contributed by atoms with Gasteiger partial charge in [0.15, 0.2) is 0 Å². The van der Waals surface area contributed by atoms with E-state index in [-0.39, 0.29) is 5.91 Å². The van der Waals surface area contributed by atoms with Gasteiger partial charge in [-0.05, 0) is 35.4 Å². The van der Waals surface area contributed by atoms with E-state index in [1.165, 1.54) is 6.20 Å². The number of aromatic nitrogens is 1. The Bertz CT molecular complexity index is 623. The monoisotopic (exact) mass is 255 g/mol. The number of nitrogens with two attached hydrogens (primary N) is 1. The van der Waals surface area contributed by atoms with E-state index in [2.05, 4.69) is 10.3 Å². The average molecular weight is 255 g/mol. The van der Waals surface area contributed by atoms with E-state index in [4.69, 9.17) is 10.5 Å². The predicted molar refractivity (Wildman–Crippen MR) is 71.5 cm³/mol. The molecule has 3 rings (SSSR count). The Balaban J connectivity index is 1.78. The Morgan fingerprint density at radius 3 is 2.84 bits per heavy atom. The number of amides is 1. The van der Waals surface area contributed by atoms with E-state index >= 15 is 0 Å². The van der Waals surface area contributed by atoms with Gasteiger partial charge in [0.25, 0.3) is 5.91 Å². The zero-order valence-electron chi connectivity index (χ0n) is 10.2. The van der Waals surface area contributed by atoms with Gasteiger partial charge in [0.1, 0.15) is 5.82 Å². The van der Waals surface area contributed by atoms with E-state index in [1.807, 2.05) is 12.1 Å². The molecule has 1 amide bonds. The number of rotatable bonds is 2. The number of nitrogens with one attached hydrogen (secondary N) is 1. The summed E-state index contributed by atoms with van der Waals surface area (Å²) in [5, 5.41) is 2.73. The Kier molecular flexibility index (Phi) is 2.89. The first-order valence-electron chi connectivity index (χ1n) is 5.95. The number of benzene rings is 1. The Hall–Kier alpha value is -2.40. The van der Waals surface area contributed by atoms with Gasteiger partial charge in [0, 0.05) is 5.56 Å². The number of pyridine rings is 1. The maximum absolute atomic E-state index is 12.1. The fourth-order valence-electron chi connectivity index (χ4n) is 1.98. The van der Waals surface area contributed by atoms with Crippen LogP contribution in [0.5, 0.6) is 0 Å². The van der Waals surface area contributed by atoms with Crippen LogP contribution in [0.3, 0.4) is 0 Å². The molecule has 2 heterocycles. The first-order chi connectivity index (χ1) is 9.22. The lowest BCUT2D eigenvalue weighted by atomic mass is 10.1. The summed E-state index contributed by atoms with van der Waals surface area (Å²) in [6.45, 7) is 1.19. The lowest BCUT2D eigenvalue weighted by Crippen LogP contribution is -2.13. The Labute approximate surface area is 110 Å². The zero-order chi connectivity index (χ0) is 13.2. The van der Waals surface area contributed by atoms with Crippen LogP contribution in [0.4, 0.5) is 11.5 Å². The van der Waals surface area contributed by atoms with Crippen molar-refractivity contribution in [3.05, 3.63) is 53.2 Å². The van der Waals surface area contributed by atoms with Gasteiger partial charge < -0.3 is 15.8 Å². The molecule has 1 aliphatic rings. The lowest BCUT2D eigenvalue weighted by molar-refractivity contribution is 0.102. The number of anilines is 2. The third-order valence-corrected chi connectivity index (χ3v) is 3.01. The summed E-state index contributed by atoms with van der Waals surface area (Å²) in [5.74, 6) is 0.294. The van der Waals surface area contributed by atoms with Gasteiger partial charge in [-0.1, -0.05) is 6.07 Å². The highest BCUT2D eigenvalue weighted by Gasteiger charge is 2.14. The number of hydrogen-bond donors (Lipinski definition) is 2. The van der Waals surface area contributed by atoms with Crippen molar-refractivity contribution in [1.29, 1.82) is 0 Å². The number of nitrogen functional groups attached to an aromatic ring is 1. The molecule has 0 bridgehead atoms. The van der Waals surface area contributed by atoms with Gasteiger partial charge in [0.2, 0.25) is 0 Å². The molecular weight excluding hydrogens is 242 g/mol. The largest absolute Gasteiger partial charge is 0.397 e. The number of ether oxygens (including phenoxy) is 1. The summed E-state index contributed by atoms with van der Waals surface area (Å²) < 4.78 is 5.32. The minimum absolute atomic E-state index is 0.188. The second-order valence-electron chi connectivity index (χ2n) is 4.41. The summed E-state index contributed by atoms with van der Waals surface area (Å²) in [7, 11) is 0. The van der Waals surface area contributed by atoms with Crippen molar-refractivity contribution < 1.29 is 9.53 Å². The van der Waals surface area contributed by atoms with Crippen molar-refractivity contribution in [1.82, 2.24) is 4.98 Å². The first-order valence-corrected chi connectivity index (χ1v) is 5.95. The second kappa shape index (κ2) is 4.70. The molecule has 0 fully saturated rings. The molecular formula is C14H13N3O2. The van der Waals surface area contributed by atoms with Crippen molar-refractivity contribution in [2.45, 2.75) is 13.2 Å². The van der Waals surface area contributed by atoms with Gasteiger partial charge in [-0.25, -0.2) is 4.98 Å². The summed E-state index contributed by atoms with van der Waals surface area (Å²) in [6.07, 6.45) is 1.51. The molecule has 96 valence electrons. The Morgan fingerprint density at radius 1 is 1.21 bits per heavy atom. The third kappa shape index (κ3) is 2.41. The van der Waals surface area contributed by atoms with Crippen LogP contribution in [-0.4, -0.2) is 10.9 Å². The normalized spacial score (nSPS) is 13.1. The standard InChI is InChI=1S/C14H13N3O2/c15-12-3-4-13(16-6-12)17-14(18)9-1-2-10-7-19-8-11(10)5-9/h1-6H,7-8,15H2,(H,16,17,18). The molecule has 0 spiro atoms.